The summed E-state index contributed by atoms with van der Waals surface area (Å²) >= 11 is 0. The summed E-state index contributed by atoms with van der Waals surface area (Å²) in [5, 5.41) is 3.19. The van der Waals surface area contributed by atoms with Crippen LogP contribution in [0.15, 0.2) is 42.5 Å². The van der Waals surface area contributed by atoms with Crippen molar-refractivity contribution in [3.63, 3.8) is 0 Å². The molecule has 0 unspecified atom stereocenters. The monoisotopic (exact) mass is 589 g/mol. The van der Waals surface area contributed by atoms with E-state index >= 15 is 0 Å². The van der Waals surface area contributed by atoms with Crippen LogP contribution in [-0.4, -0.2) is 37.8 Å². The number of fused-ring (bicyclic) bond motifs is 2. The van der Waals surface area contributed by atoms with Gasteiger partial charge in [-0.1, -0.05) is 36.4 Å². The zero-order chi connectivity index (χ0) is 16.9. The van der Waals surface area contributed by atoms with E-state index in [1.54, 1.807) is 42.5 Å². The van der Waals surface area contributed by atoms with E-state index in [1.165, 1.54) is 0 Å². The van der Waals surface area contributed by atoms with Crippen LogP contribution in [0.5, 0.6) is 5.75 Å². The van der Waals surface area contributed by atoms with Gasteiger partial charge in [0.05, 0.1) is 12.2 Å². The number of rotatable bonds is 7. The van der Waals surface area contributed by atoms with Gasteiger partial charge >= 0.3 is 21.1 Å². The van der Waals surface area contributed by atoms with Crippen LogP contribution in [0.1, 0.15) is 38.3 Å². The first-order valence-electron chi connectivity index (χ1n) is 8.09. The van der Waals surface area contributed by atoms with Crippen LogP contribution in [0.25, 0.3) is 0 Å². The molecule has 8 heteroatoms. The average molecular weight is 590 g/mol. The summed E-state index contributed by atoms with van der Waals surface area (Å²) in [6, 6.07) is 12.1. The van der Waals surface area contributed by atoms with Crippen LogP contribution < -0.4 is 40.6 Å². The molecule has 0 saturated heterocycles. The molecule has 0 saturated carbocycles. The maximum atomic E-state index is 12.8. The first-order valence-corrected chi connectivity index (χ1v) is 8.09. The van der Waals surface area contributed by atoms with Gasteiger partial charge < -0.3 is 40.6 Å². The van der Waals surface area contributed by atoms with E-state index in [1.807, 2.05) is 0 Å². The Bertz CT molecular complexity index is 787. The van der Waals surface area contributed by atoms with Crippen LogP contribution in [0.3, 0.4) is 0 Å². The fraction of sp³-hybridized carbons (Fsp3) is 0.263. The smallest absolute Gasteiger partial charge is 1.00 e. The number of benzene rings is 2. The number of ketones is 2. The topological polar surface area (TPSA) is 81.4 Å². The Kier molecular flexibility index (Phi) is 11.7. The number of carbonyl (C=O) groups is 2. The molecule has 0 fully saturated rings. The Morgan fingerprint density at radius 2 is 1.48 bits per heavy atom. The summed E-state index contributed by atoms with van der Waals surface area (Å²) in [5.41, 5.74) is 7.10. The van der Waals surface area contributed by atoms with Crippen LogP contribution in [0.2, 0.25) is 0 Å². The quantitative estimate of drug-likeness (QED) is 0.273. The van der Waals surface area contributed by atoms with E-state index in [9.17, 15) is 9.59 Å². The molecular weight excluding hydrogens is 570 g/mol. The van der Waals surface area contributed by atoms with Crippen molar-refractivity contribution in [2.24, 2.45) is 5.73 Å². The molecule has 148 valence electrons. The third kappa shape index (κ3) is 5.63. The summed E-state index contributed by atoms with van der Waals surface area (Å²) < 4.78 is 5.77. The standard InChI is InChI=1S/C19H20N2O3.2ClH.Pt/c20-9-11-21-10-4-12-24-16-8-3-7-15-17(16)19(23)14-6-2-1-5-13(14)18(15)22;;;/h1-3,5-8,21H,4,9-12,20H2;2*1H;/q;;;+2/p-2. The molecule has 0 heterocycles. The average Bonchev–Trinajstić information content (AvgIpc) is 2.62. The summed E-state index contributed by atoms with van der Waals surface area (Å²) in [5.74, 6) is 0.187. The molecule has 0 bridgehead atoms. The number of hydrogen-bond donors (Lipinski definition) is 2. The van der Waals surface area contributed by atoms with E-state index in [0.717, 1.165) is 19.5 Å². The van der Waals surface area contributed by atoms with E-state index < -0.39 is 0 Å². The van der Waals surface area contributed by atoms with Gasteiger partial charge in [-0.3, -0.25) is 9.59 Å². The number of halogens is 2. The Morgan fingerprint density at radius 3 is 2.15 bits per heavy atom. The van der Waals surface area contributed by atoms with E-state index in [0.29, 0.717) is 41.2 Å². The van der Waals surface area contributed by atoms with Crippen molar-refractivity contribution >= 4 is 11.6 Å². The summed E-state index contributed by atoms with van der Waals surface area (Å²) in [7, 11) is 0. The molecule has 0 aromatic heterocycles. The summed E-state index contributed by atoms with van der Waals surface area (Å²) in [4.78, 5) is 25.4. The van der Waals surface area contributed by atoms with Gasteiger partial charge in [0.2, 0.25) is 0 Å². The molecule has 2 aromatic carbocycles. The normalized spacial score (nSPS) is 11.3. The number of nitrogens with one attached hydrogen (secondary N) is 1. The second kappa shape index (κ2) is 12.3. The first kappa shape index (κ1) is 25.8. The van der Waals surface area contributed by atoms with Crippen molar-refractivity contribution < 1.29 is 60.2 Å². The van der Waals surface area contributed by atoms with Gasteiger partial charge in [0.15, 0.2) is 11.6 Å². The SMILES string of the molecule is NCCNCCCOc1cccc2c1C(=O)c1ccccc1C2=O.[Cl-].[Cl-].[Pt+2]. The Balaban J connectivity index is 0.00000225. The van der Waals surface area contributed by atoms with Crippen LogP contribution in [0.4, 0.5) is 0 Å². The van der Waals surface area contributed by atoms with E-state index in [4.69, 9.17) is 10.5 Å². The number of hydrogen-bond acceptors (Lipinski definition) is 5. The largest absolute Gasteiger partial charge is 2.00 e. The predicted molar refractivity (Wildman–Crippen MR) is 91.8 cm³/mol. The second-order valence-corrected chi connectivity index (χ2v) is 5.62. The molecule has 0 amide bonds. The van der Waals surface area contributed by atoms with Gasteiger partial charge in [0.1, 0.15) is 5.75 Å². The first-order chi connectivity index (χ1) is 11.7. The van der Waals surface area contributed by atoms with Crippen molar-refractivity contribution in [2.45, 2.75) is 6.42 Å². The molecule has 3 rings (SSSR count). The molecule has 0 aliphatic heterocycles. The Hall–Kier alpha value is -1.23. The fourth-order valence-corrected chi connectivity index (χ4v) is 2.84. The van der Waals surface area contributed by atoms with Crippen LogP contribution in [-0.2, 0) is 21.1 Å². The maximum Gasteiger partial charge on any atom is 2.00 e. The molecule has 0 radical (unpaired) electrons. The predicted octanol–water partition coefficient (Wildman–Crippen LogP) is -4.22. The summed E-state index contributed by atoms with van der Waals surface area (Å²) in [6.07, 6.45) is 0.794. The molecule has 2 aromatic rings. The number of carbonyl (C=O) groups excluding carboxylic acids is 2. The van der Waals surface area contributed by atoms with Crippen molar-refractivity contribution in [1.29, 1.82) is 0 Å². The number of nitrogens with two attached hydrogens (primary N) is 1. The molecule has 5 nitrogen and oxygen atoms in total. The van der Waals surface area contributed by atoms with Gasteiger partial charge in [-0.25, -0.2) is 0 Å². The zero-order valence-corrected chi connectivity index (χ0v) is 18.2. The minimum absolute atomic E-state index is 0. The van der Waals surface area contributed by atoms with Gasteiger partial charge in [0.25, 0.3) is 0 Å². The molecule has 1 aliphatic rings. The third-order valence-corrected chi connectivity index (χ3v) is 3.99. The molecular formula is C19H20Cl2N2O3Pt. The minimum atomic E-state index is -0.156. The second-order valence-electron chi connectivity index (χ2n) is 5.62. The van der Waals surface area contributed by atoms with Gasteiger partial charge in [-0.2, -0.15) is 0 Å². The van der Waals surface area contributed by atoms with Crippen molar-refractivity contribution in [2.75, 3.05) is 26.2 Å². The zero-order valence-electron chi connectivity index (χ0n) is 14.5. The van der Waals surface area contributed by atoms with Crippen LogP contribution >= 0.6 is 0 Å². The van der Waals surface area contributed by atoms with Crippen molar-refractivity contribution in [1.82, 2.24) is 5.32 Å². The molecule has 3 N–H and O–H groups in total. The Morgan fingerprint density at radius 1 is 0.852 bits per heavy atom. The third-order valence-electron chi connectivity index (χ3n) is 3.99. The van der Waals surface area contributed by atoms with Crippen LogP contribution in [0, 0.1) is 0 Å². The summed E-state index contributed by atoms with van der Waals surface area (Å²) in [6.45, 7) is 2.63. The molecule has 1 aliphatic carbocycles. The number of ether oxygens (including phenoxy) is 1. The maximum absolute atomic E-state index is 12.8. The van der Waals surface area contributed by atoms with Crippen molar-refractivity contribution in [3.05, 3.63) is 64.7 Å². The van der Waals surface area contributed by atoms with Gasteiger partial charge in [-0.05, 0) is 19.0 Å². The van der Waals surface area contributed by atoms with Gasteiger partial charge in [-0.15, -0.1) is 0 Å². The van der Waals surface area contributed by atoms with Crippen molar-refractivity contribution in [3.8, 4) is 5.75 Å². The molecule has 0 spiro atoms. The molecule has 27 heavy (non-hydrogen) atoms. The van der Waals surface area contributed by atoms with E-state index in [2.05, 4.69) is 5.32 Å². The Labute approximate surface area is 185 Å². The van der Waals surface area contributed by atoms with Gasteiger partial charge in [0, 0.05) is 29.8 Å². The molecule has 0 atom stereocenters. The van der Waals surface area contributed by atoms with E-state index in [-0.39, 0.29) is 57.4 Å². The fourth-order valence-electron chi connectivity index (χ4n) is 2.84. The minimum Gasteiger partial charge on any atom is -1.00 e.